The van der Waals surface area contributed by atoms with Gasteiger partial charge in [-0.25, -0.2) is 14.5 Å². The summed E-state index contributed by atoms with van der Waals surface area (Å²) in [5, 5.41) is 5.67. The summed E-state index contributed by atoms with van der Waals surface area (Å²) in [5.74, 6) is 0.641. The summed E-state index contributed by atoms with van der Waals surface area (Å²) in [5.41, 5.74) is 4.69. The molecular weight excluding hydrogens is 462 g/mol. The molecule has 4 aromatic rings. The monoisotopic (exact) mass is 491 g/mol. The van der Waals surface area contributed by atoms with E-state index in [1.165, 1.54) is 4.90 Å². The van der Waals surface area contributed by atoms with Crippen molar-refractivity contribution in [1.29, 1.82) is 0 Å². The molecule has 0 spiro atoms. The highest BCUT2D eigenvalue weighted by Gasteiger charge is 2.41. The molecule has 0 N–H and O–H groups in total. The minimum absolute atomic E-state index is 0.291. The summed E-state index contributed by atoms with van der Waals surface area (Å²) >= 11 is 1.66. The van der Waals surface area contributed by atoms with Crippen LogP contribution in [-0.2, 0) is 6.54 Å². The Balaban J connectivity index is 1.62. The maximum Gasteiger partial charge on any atom is 0.262 e. The first-order valence-corrected chi connectivity index (χ1v) is 13.0. The number of nitrogens with zero attached hydrogens (tertiary/aromatic N) is 7. The Labute approximate surface area is 208 Å². The number of carbonyl (C=O) groups excluding carboxylic acids is 2. The van der Waals surface area contributed by atoms with Crippen LogP contribution in [0.4, 0.5) is 0 Å². The third-order valence-electron chi connectivity index (χ3n) is 6.76. The molecule has 0 radical (unpaired) electrons. The van der Waals surface area contributed by atoms with Gasteiger partial charge in [0.15, 0.2) is 11.5 Å². The lowest BCUT2D eigenvalue weighted by Gasteiger charge is -2.23. The number of imide groups is 1. The molecule has 9 nitrogen and oxygen atoms in total. The van der Waals surface area contributed by atoms with Gasteiger partial charge in [-0.3, -0.25) is 14.5 Å². The van der Waals surface area contributed by atoms with Gasteiger partial charge >= 0.3 is 0 Å². The summed E-state index contributed by atoms with van der Waals surface area (Å²) in [6, 6.07) is 6.41. The molecule has 0 bridgehead atoms. The highest BCUT2D eigenvalue weighted by Crippen LogP contribution is 2.34. The zero-order valence-electron chi connectivity index (χ0n) is 20.6. The average molecular weight is 492 g/mol. The zero-order chi connectivity index (χ0) is 24.9. The lowest BCUT2D eigenvalue weighted by atomic mass is 10.1. The fraction of sp³-hybridized carbons (Fsp3) is 0.400. The van der Waals surface area contributed by atoms with E-state index in [2.05, 4.69) is 37.4 Å². The Bertz CT molecular complexity index is 1420. The fourth-order valence-electron chi connectivity index (χ4n) is 4.76. The van der Waals surface area contributed by atoms with E-state index in [9.17, 15) is 9.59 Å². The van der Waals surface area contributed by atoms with Crippen molar-refractivity contribution in [2.24, 2.45) is 0 Å². The van der Waals surface area contributed by atoms with Crippen LogP contribution < -0.4 is 0 Å². The zero-order valence-corrected chi connectivity index (χ0v) is 21.5. The number of benzene rings is 1. The van der Waals surface area contributed by atoms with Crippen LogP contribution in [0.5, 0.6) is 0 Å². The first-order valence-electron chi connectivity index (χ1n) is 11.6. The van der Waals surface area contributed by atoms with Crippen LogP contribution in [-0.4, -0.2) is 78.4 Å². The van der Waals surface area contributed by atoms with E-state index < -0.39 is 6.04 Å². The van der Waals surface area contributed by atoms with Crippen molar-refractivity contribution in [3.8, 4) is 0 Å². The molecule has 1 aliphatic rings. The van der Waals surface area contributed by atoms with E-state index >= 15 is 0 Å². The topological polar surface area (TPSA) is 88.6 Å². The van der Waals surface area contributed by atoms with Crippen molar-refractivity contribution in [3.63, 3.8) is 0 Å². The molecule has 3 aromatic heterocycles. The Kier molecular flexibility index (Phi) is 6.10. The second kappa shape index (κ2) is 9.09. The number of carbonyl (C=O) groups is 2. The summed E-state index contributed by atoms with van der Waals surface area (Å²) in [4.78, 5) is 39.6. The molecule has 182 valence electrons. The van der Waals surface area contributed by atoms with Gasteiger partial charge in [-0.2, -0.15) is 11.8 Å². The van der Waals surface area contributed by atoms with Crippen molar-refractivity contribution in [1.82, 2.24) is 33.9 Å². The summed E-state index contributed by atoms with van der Waals surface area (Å²) in [6.07, 6.45) is 4.25. The van der Waals surface area contributed by atoms with Crippen LogP contribution in [0.1, 0.15) is 50.3 Å². The predicted molar refractivity (Wildman–Crippen MR) is 137 cm³/mol. The maximum atomic E-state index is 13.3. The molecule has 35 heavy (non-hydrogen) atoms. The highest BCUT2D eigenvalue weighted by atomic mass is 32.2. The van der Waals surface area contributed by atoms with Gasteiger partial charge in [0, 0.05) is 18.8 Å². The summed E-state index contributed by atoms with van der Waals surface area (Å²) < 4.78 is 3.89. The molecular formula is C25H29N7O2S. The first kappa shape index (κ1) is 23.5. The van der Waals surface area contributed by atoms with Gasteiger partial charge in [-0.1, -0.05) is 12.1 Å². The van der Waals surface area contributed by atoms with E-state index in [0.29, 0.717) is 29.0 Å². The molecule has 5 rings (SSSR count). The average Bonchev–Trinajstić information content (AvgIpc) is 3.46. The van der Waals surface area contributed by atoms with Gasteiger partial charge in [0.05, 0.1) is 16.5 Å². The molecule has 1 atom stereocenters. The molecule has 2 amide bonds. The second-order valence-electron chi connectivity index (χ2n) is 9.17. The van der Waals surface area contributed by atoms with Crippen molar-refractivity contribution in [2.75, 3.05) is 32.6 Å². The van der Waals surface area contributed by atoms with Crippen LogP contribution in [0.3, 0.4) is 0 Å². The number of hydrogen-bond donors (Lipinski definition) is 0. The molecule has 1 aliphatic heterocycles. The van der Waals surface area contributed by atoms with Crippen molar-refractivity contribution >= 4 is 40.3 Å². The maximum absolute atomic E-state index is 13.3. The van der Waals surface area contributed by atoms with Crippen molar-refractivity contribution in [3.05, 3.63) is 58.8 Å². The number of amides is 2. The van der Waals surface area contributed by atoms with Gasteiger partial charge in [0.2, 0.25) is 0 Å². The minimum Gasteiger partial charge on any atom is -0.328 e. The molecule has 0 saturated heterocycles. The predicted octanol–water partition coefficient (Wildman–Crippen LogP) is 3.35. The highest BCUT2D eigenvalue weighted by molar-refractivity contribution is 7.98. The van der Waals surface area contributed by atoms with Crippen LogP contribution in [0.25, 0.3) is 16.7 Å². The van der Waals surface area contributed by atoms with E-state index in [-0.39, 0.29) is 11.8 Å². The Morgan fingerprint density at radius 3 is 2.37 bits per heavy atom. The summed E-state index contributed by atoms with van der Waals surface area (Å²) in [7, 11) is 4.11. The van der Waals surface area contributed by atoms with Crippen molar-refractivity contribution in [2.45, 2.75) is 32.9 Å². The van der Waals surface area contributed by atoms with Gasteiger partial charge in [-0.15, -0.1) is 5.10 Å². The first-order chi connectivity index (χ1) is 16.8. The van der Waals surface area contributed by atoms with Crippen LogP contribution in [0.15, 0.2) is 30.6 Å². The number of thioether (sulfide) groups is 1. The van der Waals surface area contributed by atoms with Gasteiger partial charge < -0.3 is 9.47 Å². The van der Waals surface area contributed by atoms with E-state index in [0.717, 1.165) is 41.1 Å². The van der Waals surface area contributed by atoms with Crippen LogP contribution in [0.2, 0.25) is 0 Å². The lowest BCUT2D eigenvalue weighted by molar-refractivity contribution is 0.0571. The molecule has 1 aromatic carbocycles. The molecule has 0 aliphatic carbocycles. The van der Waals surface area contributed by atoms with E-state index in [1.807, 2.05) is 6.26 Å². The molecule has 1 unspecified atom stereocenters. The van der Waals surface area contributed by atoms with E-state index in [4.69, 9.17) is 15.1 Å². The minimum atomic E-state index is -0.554. The Morgan fingerprint density at radius 1 is 1.06 bits per heavy atom. The smallest absolute Gasteiger partial charge is 0.262 e. The fourth-order valence-corrected chi connectivity index (χ4v) is 5.21. The number of hydrogen-bond acceptors (Lipinski definition) is 7. The number of fused-ring (bicyclic) bond motifs is 4. The third kappa shape index (κ3) is 3.81. The van der Waals surface area contributed by atoms with Crippen LogP contribution >= 0.6 is 11.8 Å². The molecule has 4 heterocycles. The third-order valence-corrected chi connectivity index (χ3v) is 7.41. The molecule has 0 saturated carbocycles. The normalized spacial score (nSPS) is 14.6. The van der Waals surface area contributed by atoms with Crippen molar-refractivity contribution < 1.29 is 9.59 Å². The summed E-state index contributed by atoms with van der Waals surface area (Å²) in [6.45, 7) is 5.89. The SMILES string of the molecule is CSCCC(c1nc2c3c(C)c(C)n(CCN(C)C)c3ncn2n1)N1C(=O)c2ccccc2C1=O. The standard InChI is InChI=1S/C25H29N7O2S/c1-15-16(2)30(12-11-29(3)4)22-20(15)23-27-21(28-31(23)14-26-22)19(10-13-35-5)32-24(33)17-8-6-7-9-18(17)25(32)34/h6-9,14,19H,10-13H2,1-5H3. The number of rotatable bonds is 8. The van der Waals surface area contributed by atoms with Crippen LogP contribution in [0, 0.1) is 13.8 Å². The Morgan fingerprint density at radius 2 is 1.74 bits per heavy atom. The van der Waals surface area contributed by atoms with Gasteiger partial charge in [0.25, 0.3) is 11.8 Å². The number of aromatic nitrogens is 5. The quantitative estimate of drug-likeness (QED) is 0.349. The number of likely N-dealkylation sites (N-methyl/N-ethyl adjacent to an activating group) is 1. The molecule has 0 fully saturated rings. The second-order valence-corrected chi connectivity index (χ2v) is 10.2. The lowest BCUT2D eigenvalue weighted by Crippen LogP contribution is -2.35. The molecule has 10 heteroatoms. The van der Waals surface area contributed by atoms with Gasteiger partial charge in [0.1, 0.15) is 18.0 Å². The van der Waals surface area contributed by atoms with Gasteiger partial charge in [-0.05, 0) is 64.1 Å². The Hall–Kier alpha value is -3.24. The van der Waals surface area contributed by atoms with E-state index in [1.54, 1.807) is 46.9 Å². The largest absolute Gasteiger partial charge is 0.328 e. The number of aryl methyl sites for hydroxylation is 1.